The Hall–Kier alpha value is -0.610. The second-order valence-electron chi connectivity index (χ2n) is 1.40. The van der Waals surface area contributed by atoms with Crippen molar-refractivity contribution < 1.29 is 23.2 Å². The summed E-state index contributed by atoms with van der Waals surface area (Å²) in [7, 11) is 0. The van der Waals surface area contributed by atoms with E-state index in [1.165, 1.54) is 5.32 Å². The van der Waals surface area contributed by atoms with E-state index in [1.54, 1.807) is 0 Å². The van der Waals surface area contributed by atoms with Crippen LogP contribution in [0, 0.1) is 0 Å². The fraction of sp³-hybridized carbons (Fsp3) is 0.800. The van der Waals surface area contributed by atoms with E-state index in [9.17, 15) is 9.90 Å². The minimum Gasteiger partial charge on any atom is -0.480 e. The Bertz CT molecular complexity index is 318. The summed E-state index contributed by atoms with van der Waals surface area (Å²) < 4.78 is 42.9. The Labute approximate surface area is 60.9 Å². The van der Waals surface area contributed by atoms with E-state index in [1.807, 2.05) is 0 Å². The number of hydrogen-bond donors (Lipinski definition) is 3. The lowest BCUT2D eigenvalue weighted by Crippen LogP contribution is -2.29. The van der Waals surface area contributed by atoms with Crippen LogP contribution in [0.25, 0.3) is 0 Å². The van der Waals surface area contributed by atoms with Gasteiger partial charge in [-0.1, -0.05) is 0 Å². The van der Waals surface area contributed by atoms with E-state index in [0.717, 1.165) is 0 Å². The smallest absolute Gasteiger partial charge is 0.320 e. The first-order valence-electron chi connectivity index (χ1n) is 5.15. The molecular formula is C5H9NO3. The van der Waals surface area contributed by atoms with E-state index in [0.29, 0.717) is 0 Å². The van der Waals surface area contributed by atoms with Gasteiger partial charge in [-0.05, 0) is 0 Å². The molecule has 1 aliphatic heterocycles. The Morgan fingerprint density at radius 1 is 2.00 bits per heavy atom. The summed E-state index contributed by atoms with van der Waals surface area (Å²) in [6.45, 7) is -3.03. The lowest BCUT2D eigenvalue weighted by atomic mass is 10.2. The van der Waals surface area contributed by atoms with E-state index < -0.39 is 30.9 Å². The molecule has 0 aromatic heterocycles. The molecule has 0 aliphatic carbocycles. The maximum absolute atomic E-state index is 10.7. The highest BCUT2D eigenvalue weighted by Gasteiger charge is 2.27. The first-order chi connectivity index (χ1) is 6.40. The number of rotatable bonds is 1. The third-order valence-corrected chi connectivity index (χ3v) is 0.763. The average molecular weight is 137 g/mol. The topological polar surface area (TPSA) is 69.6 Å². The number of aliphatic hydroxyl groups is 1. The maximum Gasteiger partial charge on any atom is 0.320 e. The van der Waals surface area contributed by atoms with Crippen molar-refractivity contribution in [3.63, 3.8) is 0 Å². The number of nitrogens with one attached hydrogen (secondary N) is 1. The van der Waals surface area contributed by atoms with Crippen molar-refractivity contribution in [3.05, 3.63) is 0 Å². The molecule has 0 bridgehead atoms. The second kappa shape index (κ2) is 2.33. The van der Waals surface area contributed by atoms with Gasteiger partial charge in [-0.25, -0.2) is 0 Å². The van der Waals surface area contributed by atoms with Gasteiger partial charge in [-0.2, -0.15) is 0 Å². The van der Waals surface area contributed by atoms with Gasteiger partial charge in [0.15, 0.2) is 0 Å². The van der Waals surface area contributed by atoms with Crippen LogP contribution in [0.5, 0.6) is 0 Å². The summed E-state index contributed by atoms with van der Waals surface area (Å²) >= 11 is 0. The first-order valence-corrected chi connectivity index (χ1v) is 2.15. The monoisotopic (exact) mass is 137 g/mol. The zero-order valence-electron chi connectivity index (χ0n) is 10.3. The van der Waals surface area contributed by atoms with Crippen molar-refractivity contribution in [2.75, 3.05) is 6.50 Å². The Morgan fingerprint density at radius 3 is 2.89 bits per heavy atom. The average Bonchev–Trinajstić information content (AvgIpc) is 2.09. The summed E-state index contributed by atoms with van der Waals surface area (Å²) in [5.41, 5.74) is 0. The molecule has 3 N–H and O–H groups in total. The number of carbonyl (C=O) groups is 1. The highest BCUT2D eigenvalue weighted by atomic mass is 16.4. The van der Waals surface area contributed by atoms with Gasteiger partial charge in [0.25, 0.3) is 0 Å². The van der Waals surface area contributed by atoms with Gasteiger partial charge in [-0.15, -0.1) is 0 Å². The fourth-order valence-corrected chi connectivity index (χ4v) is 0.410. The Kier molecular flexibility index (Phi) is 0.572. The van der Waals surface area contributed by atoms with Crippen LogP contribution < -0.4 is 5.32 Å². The molecule has 52 valence electrons. The van der Waals surface area contributed by atoms with Crippen LogP contribution in [0.3, 0.4) is 0 Å². The summed E-state index contributed by atoms with van der Waals surface area (Å²) in [5.74, 6) is -2.00. The molecule has 0 aromatic carbocycles. The van der Waals surface area contributed by atoms with Gasteiger partial charge in [0.05, 0.1) is 8.82 Å². The molecule has 4 nitrogen and oxygen atoms in total. The molecule has 1 heterocycles. The van der Waals surface area contributed by atoms with Gasteiger partial charge < -0.3 is 15.5 Å². The van der Waals surface area contributed by atoms with Crippen LogP contribution >= 0.6 is 0 Å². The van der Waals surface area contributed by atoms with Gasteiger partial charge in [-0.3, -0.25) is 4.79 Å². The molecule has 0 unspecified atom stereocenters. The second-order valence-corrected chi connectivity index (χ2v) is 1.40. The van der Waals surface area contributed by atoms with Crippen molar-refractivity contribution in [2.24, 2.45) is 0 Å². The zero-order valence-corrected chi connectivity index (χ0v) is 4.30. The molecule has 4 heteroatoms. The Morgan fingerprint density at radius 2 is 2.67 bits per heavy atom. The van der Waals surface area contributed by atoms with E-state index in [2.05, 4.69) is 0 Å². The molecule has 1 rings (SSSR count). The lowest BCUT2D eigenvalue weighted by molar-refractivity contribution is -0.139. The molecular weight excluding hydrogens is 122 g/mol. The largest absolute Gasteiger partial charge is 0.480 e. The van der Waals surface area contributed by atoms with Crippen LogP contribution in [-0.2, 0) is 4.79 Å². The predicted molar refractivity (Wildman–Crippen MR) is 30.1 cm³/mol. The van der Waals surface area contributed by atoms with Crippen LogP contribution in [-0.4, -0.2) is 34.8 Å². The molecule has 2 atom stereocenters. The number of carboxylic acids is 1. The molecule has 1 saturated heterocycles. The normalized spacial score (nSPS) is 72.1. The zero-order chi connectivity index (χ0) is 12.3. The molecule has 0 amide bonds. The van der Waals surface area contributed by atoms with Crippen molar-refractivity contribution in [1.82, 2.24) is 5.32 Å². The quantitative estimate of drug-likeness (QED) is 0.424. The molecule has 0 spiro atoms. The number of carboxylic acid groups (broad SMARTS) is 1. The van der Waals surface area contributed by atoms with Crippen molar-refractivity contribution in [1.29, 1.82) is 0 Å². The minimum absolute atomic E-state index is 1.47. The van der Waals surface area contributed by atoms with Crippen LogP contribution in [0.1, 0.15) is 14.6 Å². The third-order valence-electron chi connectivity index (χ3n) is 0.763. The van der Waals surface area contributed by atoms with E-state index in [4.69, 9.17) is 13.3 Å². The maximum atomic E-state index is 10.7. The molecule has 9 heavy (non-hydrogen) atoms. The van der Waals surface area contributed by atoms with Crippen molar-refractivity contribution >= 4 is 5.97 Å². The van der Waals surface area contributed by atoms with E-state index in [-0.39, 0.29) is 0 Å². The number of hydrogen-bond acceptors (Lipinski definition) is 3. The highest BCUT2D eigenvalue weighted by molar-refractivity contribution is 5.73. The first kappa shape index (κ1) is 2.21. The molecule has 0 saturated carbocycles. The molecule has 0 radical (unpaired) electrons. The molecule has 1 fully saturated rings. The predicted octanol–water partition coefficient (Wildman–Crippen LogP) is -1.21. The summed E-state index contributed by atoms with van der Waals surface area (Å²) in [5, 5.41) is 19.4. The Balaban J connectivity index is 3.38. The number of aliphatic carboxylic acids is 1. The fourth-order valence-electron chi connectivity index (χ4n) is 0.410. The van der Waals surface area contributed by atoms with Crippen LogP contribution in [0.15, 0.2) is 0 Å². The summed E-state index contributed by atoms with van der Waals surface area (Å²) in [6.07, 6.45) is -6.66. The van der Waals surface area contributed by atoms with Crippen molar-refractivity contribution in [3.8, 4) is 0 Å². The van der Waals surface area contributed by atoms with Crippen LogP contribution in [0.2, 0.25) is 0 Å². The summed E-state index contributed by atoms with van der Waals surface area (Å²) in [6, 6.07) is -3.10. The van der Waals surface area contributed by atoms with E-state index >= 15 is 0 Å². The standard InChI is InChI=1S/C5H9NO3/c7-3-1-4(5(8)9)6-2-3/h3-4,6-7H,1-2H2,(H,8,9)/t3-,4+/m1/s1/i1D2,2D2,3D,4D. The van der Waals surface area contributed by atoms with Crippen LogP contribution in [0.4, 0.5) is 0 Å². The lowest BCUT2D eigenvalue weighted by Gasteiger charge is -1.99. The SMILES string of the molecule is [2H]C1([2H])N[C@]([2H])(C(=O)O)C([2H])([2H])[C@@]1([2H])O. The third kappa shape index (κ3) is 1.40. The van der Waals surface area contributed by atoms with Gasteiger partial charge in [0.1, 0.15) is 6.02 Å². The van der Waals surface area contributed by atoms with Gasteiger partial charge in [0.2, 0.25) is 0 Å². The number of β-amino-alcohol motifs (C(OH)–C–C–N with tert-alkyl or cyclic N) is 1. The summed E-state index contributed by atoms with van der Waals surface area (Å²) in [4.78, 5) is 10.7. The molecule has 1 aliphatic rings. The molecule has 0 aromatic rings. The van der Waals surface area contributed by atoms with Crippen molar-refractivity contribution in [2.45, 2.75) is 18.5 Å². The van der Waals surface area contributed by atoms with Gasteiger partial charge in [0, 0.05) is 18.4 Å². The van der Waals surface area contributed by atoms with Gasteiger partial charge >= 0.3 is 5.97 Å². The highest BCUT2D eigenvalue weighted by Crippen LogP contribution is 2.05. The minimum atomic E-state index is -3.36.